The number of hydrogen-bond donors (Lipinski definition) is 1. The van der Waals surface area contributed by atoms with E-state index in [1.807, 2.05) is 56.4 Å². The number of nitrogens with zero attached hydrogens (tertiary/aromatic N) is 1. The number of aryl methyl sites for hydroxylation is 1. The lowest BCUT2D eigenvalue weighted by atomic mass is 9.73. The first-order chi connectivity index (χ1) is 16.8. The quantitative estimate of drug-likeness (QED) is 0.150. The summed E-state index contributed by atoms with van der Waals surface area (Å²) in [7, 11) is 1.99. The molecule has 0 radical (unpaired) electrons. The molecule has 2 unspecified atom stereocenters. The Hall–Kier alpha value is -3.12. The zero-order chi connectivity index (χ0) is 24.7. The Bertz CT molecular complexity index is 1480. The van der Waals surface area contributed by atoms with Crippen molar-refractivity contribution in [2.75, 3.05) is 0 Å². The van der Waals surface area contributed by atoms with Gasteiger partial charge in [0.05, 0.1) is 11.1 Å². The summed E-state index contributed by atoms with van der Waals surface area (Å²) in [5.41, 5.74) is 5.90. The maximum atomic E-state index is 13.4. The smallest absolute Gasteiger partial charge is 0.200 e. The van der Waals surface area contributed by atoms with Crippen molar-refractivity contribution < 1.29 is 9.90 Å². The molecule has 3 nitrogen and oxygen atoms in total. The number of benzene rings is 3. The van der Waals surface area contributed by atoms with Gasteiger partial charge in [0.1, 0.15) is 5.76 Å². The molecule has 5 rings (SSSR count). The summed E-state index contributed by atoms with van der Waals surface area (Å²) in [6.45, 7) is 4.24. The van der Waals surface area contributed by atoms with Gasteiger partial charge >= 0.3 is 0 Å². The topological polar surface area (TPSA) is 42.2 Å². The van der Waals surface area contributed by atoms with Crippen LogP contribution in [0.4, 0.5) is 0 Å². The number of carbonyl (C=O) groups is 1. The van der Waals surface area contributed by atoms with E-state index in [-0.39, 0.29) is 20.9 Å². The van der Waals surface area contributed by atoms with E-state index in [0.29, 0.717) is 11.1 Å². The van der Waals surface area contributed by atoms with E-state index in [2.05, 4.69) is 82.6 Å². The summed E-state index contributed by atoms with van der Waals surface area (Å²) in [6.07, 6.45) is 2.78. The van der Waals surface area contributed by atoms with Crippen LogP contribution in [0.1, 0.15) is 29.3 Å². The maximum Gasteiger partial charge on any atom is 0.200 e. The van der Waals surface area contributed by atoms with Crippen molar-refractivity contribution in [3.05, 3.63) is 125 Å². The van der Waals surface area contributed by atoms with Gasteiger partial charge in [0.15, 0.2) is 0 Å². The molecule has 0 aliphatic heterocycles. The van der Waals surface area contributed by atoms with Gasteiger partial charge in [-0.1, -0.05) is 114 Å². The van der Waals surface area contributed by atoms with Crippen LogP contribution >= 0.6 is 22.6 Å². The maximum absolute atomic E-state index is 13.4. The number of aliphatic hydroxyl groups excluding tert-OH is 1. The lowest BCUT2D eigenvalue weighted by molar-refractivity contribution is -0.111. The van der Waals surface area contributed by atoms with Crippen molar-refractivity contribution >= 4 is 44.9 Å². The lowest BCUT2D eigenvalue weighted by Crippen LogP contribution is -2.35. The van der Waals surface area contributed by atoms with Gasteiger partial charge in [-0.3, -0.25) is 4.79 Å². The van der Waals surface area contributed by atoms with E-state index in [9.17, 15) is 9.90 Å². The number of fused-ring (bicyclic) bond motifs is 1. The number of aromatic nitrogens is 1. The molecular formula is C31H28INO2. The molecule has 1 heterocycles. The van der Waals surface area contributed by atoms with Crippen LogP contribution in [-0.4, -0.2) is 19.4 Å². The molecular weight excluding hydrogens is 545 g/mol. The zero-order valence-electron chi connectivity index (χ0n) is 20.1. The van der Waals surface area contributed by atoms with Crippen LogP contribution in [0.3, 0.4) is 0 Å². The van der Waals surface area contributed by atoms with E-state index in [4.69, 9.17) is 0 Å². The number of para-hydroxylation sites is 1. The summed E-state index contributed by atoms with van der Waals surface area (Å²) in [5.74, 6) is 0.0185. The molecule has 0 spiro atoms. The third kappa shape index (κ3) is 3.94. The van der Waals surface area contributed by atoms with E-state index < -0.39 is 0 Å². The first-order valence-corrected chi connectivity index (χ1v) is 13.1. The minimum Gasteiger partial charge on any atom is -0.506 e. The van der Waals surface area contributed by atoms with Crippen LogP contribution in [-0.2, 0) is 23.7 Å². The van der Waals surface area contributed by atoms with Crippen molar-refractivity contribution in [2.45, 2.75) is 29.6 Å². The Morgan fingerprint density at radius 2 is 1.57 bits per heavy atom. The molecule has 0 saturated heterocycles. The molecule has 4 heteroatoms. The minimum absolute atomic E-state index is 0.0148. The van der Waals surface area contributed by atoms with E-state index in [0.717, 1.165) is 28.6 Å². The fourth-order valence-electron chi connectivity index (χ4n) is 5.17. The summed E-state index contributed by atoms with van der Waals surface area (Å²) in [4.78, 5) is 13.4. The Balaban J connectivity index is 1.56. The van der Waals surface area contributed by atoms with E-state index in [1.165, 1.54) is 11.1 Å². The predicted octanol–water partition coefficient (Wildman–Crippen LogP) is 7.27. The molecule has 2 atom stereocenters. The highest BCUT2D eigenvalue weighted by atomic mass is 127. The number of halogens is 1. The molecule has 0 bridgehead atoms. The highest BCUT2D eigenvalue weighted by molar-refractivity contribution is 14.1. The van der Waals surface area contributed by atoms with Gasteiger partial charge in [0.2, 0.25) is 5.78 Å². The summed E-state index contributed by atoms with van der Waals surface area (Å²) >= 11 is 2.42. The fourth-order valence-corrected chi connectivity index (χ4v) is 6.11. The van der Waals surface area contributed by atoms with Crippen LogP contribution < -0.4 is 0 Å². The van der Waals surface area contributed by atoms with Crippen LogP contribution in [0.25, 0.3) is 16.5 Å². The number of carbonyl (C=O) groups excluding carboxylic acids is 1. The SMILES string of the molecule is Cc1c(C2=C(O)/C(=C/C(I)C(C)(Cc3ccccc3)c3ccccc3)C2=O)c2ccccc2n1C. The fraction of sp³-hybridized carbons (Fsp3) is 0.194. The van der Waals surface area contributed by atoms with Crippen molar-refractivity contribution in [3.63, 3.8) is 0 Å². The molecule has 0 amide bonds. The van der Waals surface area contributed by atoms with Gasteiger partial charge in [-0.2, -0.15) is 0 Å². The monoisotopic (exact) mass is 573 g/mol. The Labute approximate surface area is 219 Å². The van der Waals surface area contributed by atoms with Crippen LogP contribution in [0.5, 0.6) is 0 Å². The van der Waals surface area contributed by atoms with E-state index in [1.54, 1.807) is 0 Å². The molecule has 176 valence electrons. The molecule has 1 aliphatic rings. The van der Waals surface area contributed by atoms with Gasteiger partial charge in [-0.25, -0.2) is 0 Å². The third-order valence-electron chi connectivity index (χ3n) is 7.38. The highest BCUT2D eigenvalue weighted by Crippen LogP contribution is 2.44. The predicted molar refractivity (Wildman–Crippen MR) is 152 cm³/mol. The zero-order valence-corrected chi connectivity index (χ0v) is 22.3. The van der Waals surface area contributed by atoms with Crippen molar-refractivity contribution in [2.24, 2.45) is 7.05 Å². The lowest BCUT2D eigenvalue weighted by Gasteiger charge is -2.35. The Kier molecular flexibility index (Phi) is 6.18. The Morgan fingerprint density at radius 3 is 2.23 bits per heavy atom. The number of hydrogen-bond acceptors (Lipinski definition) is 2. The molecule has 1 aliphatic carbocycles. The molecule has 35 heavy (non-hydrogen) atoms. The molecule has 3 aromatic carbocycles. The van der Waals surface area contributed by atoms with Crippen LogP contribution in [0.2, 0.25) is 0 Å². The molecule has 1 aromatic heterocycles. The summed E-state index contributed by atoms with van der Waals surface area (Å²) < 4.78 is 2.06. The number of Topliss-reactive ketones (excluding diaryl/α,β-unsaturated/α-hetero) is 1. The normalized spacial score (nSPS) is 17.5. The van der Waals surface area contributed by atoms with Gasteiger partial charge in [-0.15, -0.1) is 0 Å². The average molecular weight is 573 g/mol. The largest absolute Gasteiger partial charge is 0.506 e. The standard InChI is InChI=1S/C31H28INO2/c1-20-27(23-16-10-11-17-25(23)33(20)3)28-29(34)24(30(28)35)18-26(32)31(2,22-14-8-5-9-15-22)19-21-12-6-4-7-13-21/h4-18,26,34H,19H2,1-3H3/b24-18-. The van der Waals surface area contributed by atoms with Gasteiger partial charge in [0.25, 0.3) is 0 Å². The van der Waals surface area contributed by atoms with Gasteiger partial charge in [-0.05, 0) is 30.5 Å². The van der Waals surface area contributed by atoms with Gasteiger partial charge in [0, 0.05) is 38.5 Å². The van der Waals surface area contributed by atoms with Crippen molar-refractivity contribution in [1.29, 1.82) is 0 Å². The van der Waals surface area contributed by atoms with Crippen molar-refractivity contribution in [3.8, 4) is 0 Å². The average Bonchev–Trinajstić information content (AvgIpc) is 3.13. The minimum atomic E-state index is -0.262. The number of allylic oxidation sites excluding steroid dienone is 3. The number of aliphatic hydroxyl groups is 1. The second-order valence-electron chi connectivity index (χ2n) is 9.52. The van der Waals surface area contributed by atoms with E-state index >= 15 is 0 Å². The number of rotatable bonds is 6. The molecule has 0 saturated carbocycles. The highest BCUT2D eigenvalue weighted by Gasteiger charge is 2.40. The third-order valence-corrected chi connectivity index (χ3v) is 9.12. The first kappa shape index (κ1) is 23.6. The molecule has 0 fully saturated rings. The summed E-state index contributed by atoms with van der Waals surface area (Å²) in [6, 6.07) is 28.9. The van der Waals surface area contributed by atoms with Gasteiger partial charge < -0.3 is 9.67 Å². The van der Waals surface area contributed by atoms with Crippen LogP contribution in [0.15, 0.2) is 102 Å². The molecule has 4 aromatic rings. The second kappa shape index (κ2) is 9.15. The number of ketones is 1. The summed E-state index contributed by atoms with van der Waals surface area (Å²) in [5, 5.41) is 12.1. The second-order valence-corrected chi connectivity index (χ2v) is 10.9. The number of alkyl halides is 1. The van der Waals surface area contributed by atoms with Crippen molar-refractivity contribution in [1.82, 2.24) is 4.57 Å². The molecule has 1 N–H and O–H groups in total. The Morgan fingerprint density at radius 1 is 0.971 bits per heavy atom. The first-order valence-electron chi connectivity index (χ1n) is 11.8. The van der Waals surface area contributed by atoms with Crippen LogP contribution in [0, 0.1) is 6.92 Å².